The Kier molecular flexibility index (Phi) is 6.84. The average molecular weight is 447 g/mol. The molecule has 1 saturated carbocycles. The first-order chi connectivity index (χ1) is 15.9. The van der Waals surface area contributed by atoms with Crippen LogP contribution in [0, 0.1) is 0 Å². The summed E-state index contributed by atoms with van der Waals surface area (Å²) in [4.78, 5) is 30.0. The molecule has 0 bridgehead atoms. The van der Waals surface area contributed by atoms with Crippen molar-refractivity contribution in [2.45, 2.75) is 51.1 Å². The van der Waals surface area contributed by atoms with Crippen molar-refractivity contribution >= 4 is 28.9 Å². The Morgan fingerprint density at radius 1 is 1.06 bits per heavy atom. The summed E-state index contributed by atoms with van der Waals surface area (Å²) in [6.45, 7) is 2.07. The van der Waals surface area contributed by atoms with Gasteiger partial charge in [0.05, 0.1) is 17.0 Å². The van der Waals surface area contributed by atoms with Gasteiger partial charge in [-0.2, -0.15) is 0 Å². The van der Waals surface area contributed by atoms with Crippen molar-refractivity contribution in [3.8, 4) is 0 Å². The van der Waals surface area contributed by atoms with Crippen molar-refractivity contribution in [1.82, 2.24) is 15.5 Å². The highest BCUT2D eigenvalue weighted by atomic mass is 16.2. The van der Waals surface area contributed by atoms with Crippen LogP contribution in [-0.2, 0) is 11.2 Å². The number of fused-ring (bicyclic) bond motifs is 1. The van der Waals surface area contributed by atoms with Gasteiger partial charge in [0.1, 0.15) is 0 Å². The Labute approximate surface area is 196 Å². The van der Waals surface area contributed by atoms with Crippen molar-refractivity contribution in [3.05, 3.63) is 65.2 Å². The van der Waals surface area contributed by atoms with Crippen LogP contribution in [0.4, 0.5) is 10.5 Å². The maximum Gasteiger partial charge on any atom is 0.328 e. The van der Waals surface area contributed by atoms with Gasteiger partial charge in [-0.05, 0) is 63.4 Å². The third-order valence-corrected chi connectivity index (χ3v) is 6.90. The van der Waals surface area contributed by atoms with Gasteiger partial charge in [0, 0.05) is 24.7 Å². The smallest absolute Gasteiger partial charge is 0.328 e. The molecule has 1 fully saturated rings. The molecule has 2 aromatic carbocycles. The largest absolute Gasteiger partial charge is 0.381 e. The molecule has 0 radical (unpaired) electrons. The van der Waals surface area contributed by atoms with E-state index in [1.54, 1.807) is 7.05 Å². The van der Waals surface area contributed by atoms with Gasteiger partial charge in [-0.25, -0.2) is 9.69 Å². The topological polar surface area (TPSA) is 64.7 Å². The lowest BCUT2D eigenvalue weighted by Gasteiger charge is -2.34. The van der Waals surface area contributed by atoms with E-state index in [1.807, 2.05) is 48.5 Å². The van der Waals surface area contributed by atoms with Gasteiger partial charge in [0.25, 0.3) is 5.91 Å². The molecule has 1 heterocycles. The molecule has 1 aliphatic heterocycles. The number of urea groups is 1. The van der Waals surface area contributed by atoms with Gasteiger partial charge >= 0.3 is 6.03 Å². The molecular formula is C27H34N4O2. The lowest BCUT2D eigenvalue weighted by Crippen LogP contribution is -2.41. The van der Waals surface area contributed by atoms with E-state index in [9.17, 15) is 9.59 Å². The van der Waals surface area contributed by atoms with Gasteiger partial charge in [-0.15, -0.1) is 0 Å². The SMILES string of the molecule is CCc1ccc2c(c1)N(C(=O)NC)C(=O)C2=C(N[C@H]1CC[C@H](N(C)C)CC1)c1ccccc1. The molecule has 2 aromatic rings. The molecule has 0 atom stereocenters. The van der Waals surface area contributed by atoms with Crippen LogP contribution < -0.4 is 15.5 Å². The maximum atomic E-state index is 13.7. The monoisotopic (exact) mass is 446 g/mol. The standard InChI is InChI=1S/C27H34N4O2/c1-5-18-11-16-22-23(17-18)31(27(33)28-2)26(32)24(22)25(19-9-7-6-8-10-19)29-20-12-14-21(15-13-20)30(3)4/h6-11,16-17,20-21,29H,5,12-15H2,1-4H3,(H,28,33)/t20-,21-. The second-order valence-corrected chi connectivity index (χ2v) is 9.13. The Morgan fingerprint density at radius 2 is 1.76 bits per heavy atom. The molecular weight excluding hydrogens is 412 g/mol. The van der Waals surface area contributed by atoms with E-state index in [1.165, 1.54) is 4.90 Å². The highest BCUT2D eigenvalue weighted by Crippen LogP contribution is 2.41. The number of amides is 3. The molecule has 2 aliphatic rings. The normalized spacial score (nSPS) is 21.7. The minimum Gasteiger partial charge on any atom is -0.381 e. The summed E-state index contributed by atoms with van der Waals surface area (Å²) in [5.41, 5.74) is 4.88. The number of imide groups is 1. The van der Waals surface area contributed by atoms with Gasteiger partial charge in [-0.3, -0.25) is 4.79 Å². The summed E-state index contributed by atoms with van der Waals surface area (Å²) in [5.74, 6) is -0.286. The van der Waals surface area contributed by atoms with Crippen LogP contribution in [0.3, 0.4) is 0 Å². The van der Waals surface area contributed by atoms with Gasteiger partial charge in [0.15, 0.2) is 0 Å². The Bertz CT molecular complexity index is 1050. The number of nitrogens with one attached hydrogen (secondary N) is 2. The van der Waals surface area contributed by atoms with Crippen LogP contribution in [-0.4, -0.2) is 50.1 Å². The molecule has 33 heavy (non-hydrogen) atoms. The van der Waals surface area contributed by atoms with Gasteiger partial charge in [-0.1, -0.05) is 49.4 Å². The zero-order chi connectivity index (χ0) is 23.5. The lowest BCUT2D eigenvalue weighted by molar-refractivity contribution is -0.112. The fraction of sp³-hybridized carbons (Fsp3) is 0.407. The van der Waals surface area contributed by atoms with E-state index in [4.69, 9.17) is 0 Å². The lowest BCUT2D eigenvalue weighted by atomic mass is 9.89. The number of aryl methyl sites for hydroxylation is 1. The fourth-order valence-corrected chi connectivity index (χ4v) is 4.93. The van der Waals surface area contributed by atoms with Crippen molar-refractivity contribution < 1.29 is 9.59 Å². The molecule has 0 saturated heterocycles. The van der Waals surface area contributed by atoms with E-state index in [0.29, 0.717) is 17.3 Å². The summed E-state index contributed by atoms with van der Waals surface area (Å²) in [7, 11) is 5.84. The molecule has 2 N–H and O–H groups in total. The number of carbonyl (C=O) groups excluding carboxylic acids is 2. The number of anilines is 1. The first-order valence-corrected chi connectivity index (χ1v) is 11.9. The van der Waals surface area contributed by atoms with Crippen LogP contribution in [0.1, 0.15) is 49.3 Å². The fourth-order valence-electron chi connectivity index (χ4n) is 4.93. The minimum atomic E-state index is -0.414. The van der Waals surface area contributed by atoms with E-state index in [0.717, 1.165) is 54.5 Å². The Balaban J connectivity index is 1.80. The van der Waals surface area contributed by atoms with Crippen molar-refractivity contribution in [2.24, 2.45) is 0 Å². The third kappa shape index (κ3) is 4.53. The average Bonchev–Trinajstić information content (AvgIpc) is 3.13. The van der Waals surface area contributed by atoms with Crippen molar-refractivity contribution in [3.63, 3.8) is 0 Å². The predicted molar refractivity (Wildman–Crippen MR) is 134 cm³/mol. The number of benzene rings is 2. The molecule has 0 aromatic heterocycles. The molecule has 6 nitrogen and oxygen atoms in total. The van der Waals surface area contributed by atoms with E-state index < -0.39 is 6.03 Å². The van der Waals surface area contributed by atoms with Crippen LogP contribution in [0.2, 0.25) is 0 Å². The second-order valence-electron chi connectivity index (χ2n) is 9.13. The van der Waals surface area contributed by atoms with Gasteiger partial charge < -0.3 is 15.5 Å². The number of hydrogen-bond acceptors (Lipinski definition) is 4. The number of rotatable bonds is 5. The molecule has 174 valence electrons. The van der Waals surface area contributed by atoms with Crippen LogP contribution in [0.5, 0.6) is 0 Å². The van der Waals surface area contributed by atoms with E-state index in [-0.39, 0.29) is 11.9 Å². The first-order valence-electron chi connectivity index (χ1n) is 11.9. The van der Waals surface area contributed by atoms with Crippen LogP contribution in [0.25, 0.3) is 11.3 Å². The van der Waals surface area contributed by atoms with E-state index in [2.05, 4.69) is 36.6 Å². The summed E-state index contributed by atoms with van der Waals surface area (Å²) < 4.78 is 0. The zero-order valence-corrected chi connectivity index (χ0v) is 20.0. The molecule has 6 heteroatoms. The van der Waals surface area contributed by atoms with Crippen LogP contribution in [0.15, 0.2) is 48.5 Å². The van der Waals surface area contributed by atoms with E-state index >= 15 is 0 Å². The minimum absolute atomic E-state index is 0.282. The zero-order valence-electron chi connectivity index (χ0n) is 20.0. The molecule has 4 rings (SSSR count). The molecule has 0 spiro atoms. The third-order valence-electron chi connectivity index (χ3n) is 6.90. The van der Waals surface area contributed by atoms with Crippen molar-refractivity contribution in [1.29, 1.82) is 0 Å². The summed E-state index contributed by atoms with van der Waals surface area (Å²) >= 11 is 0. The predicted octanol–water partition coefficient (Wildman–Crippen LogP) is 4.27. The second kappa shape index (κ2) is 9.79. The Hall–Kier alpha value is -3.12. The maximum absolute atomic E-state index is 13.7. The quantitative estimate of drug-likeness (QED) is 0.674. The highest BCUT2D eigenvalue weighted by Gasteiger charge is 2.39. The highest BCUT2D eigenvalue weighted by molar-refractivity contribution is 6.43. The van der Waals surface area contributed by atoms with Crippen LogP contribution >= 0.6 is 0 Å². The molecule has 1 aliphatic carbocycles. The summed E-state index contributed by atoms with van der Waals surface area (Å²) in [6, 6.07) is 16.4. The first kappa shape index (κ1) is 23.1. The molecule has 3 amide bonds. The summed E-state index contributed by atoms with van der Waals surface area (Å²) in [5, 5.41) is 6.36. The number of hydrogen-bond donors (Lipinski definition) is 2. The van der Waals surface area contributed by atoms with Crippen molar-refractivity contribution in [2.75, 3.05) is 26.0 Å². The summed E-state index contributed by atoms with van der Waals surface area (Å²) in [6.07, 6.45) is 5.16. The Morgan fingerprint density at radius 3 is 2.36 bits per heavy atom. The van der Waals surface area contributed by atoms with Gasteiger partial charge in [0.2, 0.25) is 0 Å². The number of carbonyl (C=O) groups is 2. The number of nitrogens with zero attached hydrogens (tertiary/aromatic N) is 2. The molecule has 0 unspecified atom stereocenters.